The van der Waals surface area contributed by atoms with E-state index in [2.05, 4.69) is 5.87 Å². The monoisotopic (exact) mass is 316 g/mol. The van der Waals surface area contributed by atoms with E-state index in [1.165, 1.54) is 0 Å². The summed E-state index contributed by atoms with van der Waals surface area (Å²) in [6.07, 6.45) is 0. The summed E-state index contributed by atoms with van der Waals surface area (Å²) in [7, 11) is -1.08. The highest BCUT2D eigenvalue weighted by atomic mass is 32.2. The lowest BCUT2D eigenvalue weighted by Gasteiger charge is -2.11. The van der Waals surface area contributed by atoms with Crippen molar-refractivity contribution >= 4 is 15.7 Å². The Morgan fingerprint density at radius 2 is 1.48 bits per heavy atom. The van der Waals surface area contributed by atoms with Gasteiger partial charge in [0.05, 0.1) is 44.5 Å². The van der Waals surface area contributed by atoms with Gasteiger partial charge in [0.25, 0.3) is 0 Å². The number of hydrogen-bond donors (Lipinski definition) is 0. The first-order valence-electron chi connectivity index (χ1n) is 6.79. The lowest BCUT2D eigenvalue weighted by Crippen LogP contribution is -2.14. The lowest BCUT2D eigenvalue weighted by molar-refractivity contribution is 0.0188. The summed E-state index contributed by atoms with van der Waals surface area (Å²) in [5.41, 5.74) is 1.10. The molecule has 0 aromatic heterocycles. The minimum atomic E-state index is -2.71. The molecule has 0 aliphatic carbocycles. The van der Waals surface area contributed by atoms with Gasteiger partial charge in [-0.25, -0.2) is 4.21 Å². The Labute approximate surface area is 127 Å². The first kappa shape index (κ1) is 18.1. The fraction of sp³-hybridized carbons (Fsp3) is 0.533. The molecule has 1 aromatic rings. The fourth-order valence-electron chi connectivity index (χ4n) is 1.51. The van der Waals surface area contributed by atoms with Crippen LogP contribution in [0.15, 0.2) is 29.2 Å². The molecular weight excluding hydrogens is 292 g/mol. The Morgan fingerprint density at radius 1 is 0.952 bits per heavy atom. The Kier molecular flexibility index (Phi) is 8.56. The van der Waals surface area contributed by atoms with E-state index in [0.717, 1.165) is 5.56 Å². The highest BCUT2D eigenvalue weighted by molar-refractivity contribution is 7.96. The van der Waals surface area contributed by atoms with Gasteiger partial charge in [-0.05, 0) is 24.9 Å². The highest BCUT2D eigenvalue weighted by Crippen LogP contribution is 2.12. The number of methoxy groups -OCH3 is 1. The molecule has 5 nitrogen and oxygen atoms in total. The maximum Gasteiger partial charge on any atom is 0.106 e. The van der Waals surface area contributed by atoms with Gasteiger partial charge >= 0.3 is 0 Å². The minimum absolute atomic E-state index is 0.230. The van der Waals surface area contributed by atoms with Crippen molar-refractivity contribution in [1.82, 2.24) is 0 Å². The Balaban J connectivity index is 2.15. The van der Waals surface area contributed by atoms with Crippen molar-refractivity contribution in [3.8, 4) is 0 Å². The largest absolute Gasteiger partial charge is 0.382 e. The van der Waals surface area contributed by atoms with Crippen LogP contribution < -0.4 is 0 Å². The van der Waals surface area contributed by atoms with E-state index in [1.807, 2.05) is 19.1 Å². The summed E-state index contributed by atoms with van der Waals surface area (Å²) in [6.45, 7) is 4.65. The van der Waals surface area contributed by atoms with Crippen molar-refractivity contribution in [3.05, 3.63) is 29.8 Å². The van der Waals surface area contributed by atoms with E-state index in [-0.39, 0.29) is 6.61 Å². The molecule has 6 heteroatoms. The second kappa shape index (κ2) is 9.92. The second-order valence-electron chi connectivity index (χ2n) is 4.47. The summed E-state index contributed by atoms with van der Waals surface area (Å²) in [4.78, 5) is 0.594. The molecule has 0 heterocycles. The van der Waals surface area contributed by atoms with Gasteiger partial charge in [-0.15, -0.1) is 0 Å². The van der Waals surface area contributed by atoms with Crippen LogP contribution >= 0.6 is 0 Å². The normalized spacial score (nSPS) is 14.0. The third-order valence-electron chi connectivity index (χ3n) is 2.69. The SMILES string of the molecule is C=S(=O)(OCCOCCOCCOC)c1ccc(C)cc1. The fourth-order valence-corrected chi connectivity index (χ4v) is 2.53. The third kappa shape index (κ3) is 7.59. The van der Waals surface area contributed by atoms with Gasteiger partial charge < -0.3 is 14.2 Å². The summed E-state index contributed by atoms with van der Waals surface area (Å²) in [5, 5.41) is 0. The summed E-state index contributed by atoms with van der Waals surface area (Å²) < 4.78 is 33.0. The maximum absolute atomic E-state index is 12.3. The Bertz CT molecular complexity index is 481. The topological polar surface area (TPSA) is 54.0 Å². The van der Waals surface area contributed by atoms with Crippen LogP contribution in [0.5, 0.6) is 0 Å². The Morgan fingerprint density at radius 3 is 2.05 bits per heavy atom. The van der Waals surface area contributed by atoms with E-state index >= 15 is 0 Å². The molecule has 0 spiro atoms. The molecule has 1 unspecified atom stereocenters. The predicted octanol–water partition coefficient (Wildman–Crippen LogP) is 1.68. The molecule has 1 aromatic carbocycles. The van der Waals surface area contributed by atoms with Crippen LogP contribution in [0.2, 0.25) is 0 Å². The van der Waals surface area contributed by atoms with Gasteiger partial charge in [-0.3, -0.25) is 4.18 Å². The summed E-state index contributed by atoms with van der Waals surface area (Å²) >= 11 is 0. The van der Waals surface area contributed by atoms with E-state index < -0.39 is 9.80 Å². The Hall–Kier alpha value is -0.920. The van der Waals surface area contributed by atoms with Crippen molar-refractivity contribution in [2.24, 2.45) is 0 Å². The zero-order chi connectivity index (χ0) is 15.6. The van der Waals surface area contributed by atoms with Crippen molar-refractivity contribution in [1.29, 1.82) is 0 Å². The molecule has 0 saturated carbocycles. The van der Waals surface area contributed by atoms with Crippen LogP contribution in [0, 0.1) is 6.92 Å². The van der Waals surface area contributed by atoms with Crippen LogP contribution in [-0.4, -0.2) is 56.8 Å². The number of ether oxygens (including phenoxy) is 3. The van der Waals surface area contributed by atoms with E-state index in [4.69, 9.17) is 18.4 Å². The first-order chi connectivity index (χ1) is 10.1. The van der Waals surface area contributed by atoms with Crippen molar-refractivity contribution < 1.29 is 22.6 Å². The average molecular weight is 316 g/mol. The van der Waals surface area contributed by atoms with Crippen LogP contribution in [-0.2, 0) is 28.2 Å². The minimum Gasteiger partial charge on any atom is -0.382 e. The molecule has 120 valence electrons. The van der Waals surface area contributed by atoms with Crippen molar-refractivity contribution in [2.75, 3.05) is 46.8 Å². The highest BCUT2D eigenvalue weighted by Gasteiger charge is 2.07. The third-order valence-corrected chi connectivity index (χ3v) is 4.22. The standard InChI is InChI=1S/C15H24O5S/c1-14-4-6-15(7-5-14)21(3,16)20-13-12-19-11-10-18-9-8-17-2/h4-7H,3,8-13H2,1-2H3. The van der Waals surface area contributed by atoms with Gasteiger partial charge in [0, 0.05) is 7.11 Å². The van der Waals surface area contributed by atoms with Crippen LogP contribution in [0.4, 0.5) is 0 Å². The molecule has 1 atom stereocenters. The predicted molar refractivity (Wildman–Crippen MR) is 84.2 cm³/mol. The van der Waals surface area contributed by atoms with E-state index in [0.29, 0.717) is 37.9 Å². The summed E-state index contributed by atoms with van der Waals surface area (Å²) in [6, 6.07) is 7.32. The quantitative estimate of drug-likeness (QED) is 0.459. The van der Waals surface area contributed by atoms with E-state index in [1.54, 1.807) is 19.2 Å². The molecule has 0 radical (unpaired) electrons. The number of benzene rings is 1. The molecule has 0 aliphatic heterocycles. The molecule has 0 bridgehead atoms. The zero-order valence-electron chi connectivity index (χ0n) is 12.7. The van der Waals surface area contributed by atoms with Crippen LogP contribution in [0.3, 0.4) is 0 Å². The molecule has 1 rings (SSSR count). The van der Waals surface area contributed by atoms with Gasteiger partial charge in [-0.1, -0.05) is 17.7 Å². The average Bonchev–Trinajstić information content (AvgIpc) is 2.46. The molecule has 0 aliphatic rings. The molecule has 0 saturated heterocycles. The van der Waals surface area contributed by atoms with Gasteiger partial charge in [0.2, 0.25) is 0 Å². The van der Waals surface area contributed by atoms with Gasteiger partial charge in [0.1, 0.15) is 9.80 Å². The molecule has 0 amide bonds. The number of hydrogen-bond acceptors (Lipinski definition) is 5. The zero-order valence-corrected chi connectivity index (χ0v) is 13.5. The first-order valence-corrected chi connectivity index (χ1v) is 8.44. The smallest absolute Gasteiger partial charge is 0.106 e. The van der Waals surface area contributed by atoms with Gasteiger partial charge in [-0.2, -0.15) is 0 Å². The number of aryl methyl sites for hydroxylation is 1. The number of rotatable bonds is 11. The molecular formula is C15H24O5S. The van der Waals surface area contributed by atoms with Crippen molar-refractivity contribution in [2.45, 2.75) is 11.8 Å². The van der Waals surface area contributed by atoms with E-state index in [9.17, 15) is 4.21 Å². The maximum atomic E-state index is 12.3. The molecule has 0 N–H and O–H groups in total. The second-order valence-corrected chi connectivity index (χ2v) is 6.40. The molecule has 0 fully saturated rings. The van der Waals surface area contributed by atoms with Crippen LogP contribution in [0.1, 0.15) is 5.56 Å². The summed E-state index contributed by atoms with van der Waals surface area (Å²) in [5.74, 6) is 3.65. The molecule has 21 heavy (non-hydrogen) atoms. The van der Waals surface area contributed by atoms with Crippen LogP contribution in [0.25, 0.3) is 0 Å². The van der Waals surface area contributed by atoms with Gasteiger partial charge in [0.15, 0.2) is 0 Å². The lowest BCUT2D eigenvalue weighted by atomic mass is 10.2. The van der Waals surface area contributed by atoms with Crippen molar-refractivity contribution in [3.63, 3.8) is 0 Å².